The highest BCUT2D eigenvalue weighted by molar-refractivity contribution is 7.79. The SMILES string of the molecule is CCC1(CC)CC(=O)c2cc(-c3nc(-c4ccnc(S(=O)O)c4)no3)ccc2O1. The molecule has 1 aromatic carbocycles. The van der Waals surface area contributed by atoms with Crippen LogP contribution in [0.5, 0.6) is 5.75 Å². The first-order chi connectivity index (χ1) is 13.9. The van der Waals surface area contributed by atoms with Gasteiger partial charge in [0.15, 0.2) is 10.8 Å². The van der Waals surface area contributed by atoms with Crippen LogP contribution in [0.3, 0.4) is 0 Å². The molecule has 4 rings (SSSR count). The molecular formula is C20H19N3O5S. The molecule has 1 unspecified atom stereocenters. The van der Waals surface area contributed by atoms with E-state index in [2.05, 4.69) is 15.1 Å². The number of Topliss-reactive ketones (excluding diaryl/α,β-unsaturated/α-hetero) is 1. The summed E-state index contributed by atoms with van der Waals surface area (Å²) in [5.74, 6) is 1.09. The van der Waals surface area contributed by atoms with Gasteiger partial charge in [0.05, 0.1) is 12.0 Å². The Balaban J connectivity index is 1.66. The molecule has 3 aromatic rings. The van der Waals surface area contributed by atoms with Gasteiger partial charge in [-0.05, 0) is 43.2 Å². The number of ether oxygens (including phenoxy) is 1. The topological polar surface area (TPSA) is 115 Å². The van der Waals surface area contributed by atoms with Crippen molar-refractivity contribution < 1.29 is 22.8 Å². The van der Waals surface area contributed by atoms with Gasteiger partial charge in [0.25, 0.3) is 5.89 Å². The van der Waals surface area contributed by atoms with Gasteiger partial charge in [0, 0.05) is 17.3 Å². The van der Waals surface area contributed by atoms with E-state index in [0.29, 0.717) is 28.9 Å². The Labute approximate surface area is 169 Å². The first-order valence-corrected chi connectivity index (χ1v) is 10.3. The highest BCUT2D eigenvalue weighted by Gasteiger charge is 2.37. The fourth-order valence-corrected chi connectivity index (χ4v) is 3.75. The highest BCUT2D eigenvalue weighted by atomic mass is 32.2. The van der Waals surface area contributed by atoms with Gasteiger partial charge < -0.3 is 13.8 Å². The second-order valence-corrected chi connectivity index (χ2v) is 7.77. The first kappa shape index (κ1) is 19.4. The lowest BCUT2D eigenvalue weighted by atomic mass is 9.85. The lowest BCUT2D eigenvalue weighted by Gasteiger charge is -2.36. The van der Waals surface area contributed by atoms with Crippen molar-refractivity contribution in [3.63, 3.8) is 0 Å². The predicted octanol–water partition coefficient (Wildman–Crippen LogP) is 3.90. The summed E-state index contributed by atoms with van der Waals surface area (Å²) in [6.07, 6.45) is 3.26. The second kappa shape index (κ2) is 7.49. The number of carbonyl (C=O) groups excluding carboxylic acids is 1. The second-order valence-electron chi connectivity index (χ2n) is 6.86. The minimum atomic E-state index is -2.20. The number of ketones is 1. The number of aromatic nitrogens is 3. The molecule has 0 fully saturated rings. The monoisotopic (exact) mass is 413 g/mol. The Kier molecular flexibility index (Phi) is 5.01. The number of fused-ring (bicyclic) bond motifs is 1. The Morgan fingerprint density at radius 2 is 1.97 bits per heavy atom. The quantitative estimate of drug-likeness (QED) is 0.626. The van der Waals surface area contributed by atoms with Gasteiger partial charge in [-0.1, -0.05) is 19.0 Å². The number of pyridine rings is 1. The fourth-order valence-electron chi connectivity index (χ4n) is 3.37. The van der Waals surface area contributed by atoms with Crippen molar-refractivity contribution in [3.05, 3.63) is 42.1 Å². The van der Waals surface area contributed by atoms with Crippen LogP contribution in [0.25, 0.3) is 22.8 Å². The molecule has 0 radical (unpaired) electrons. The van der Waals surface area contributed by atoms with Gasteiger partial charge in [0.1, 0.15) is 11.4 Å². The Morgan fingerprint density at radius 1 is 1.17 bits per heavy atom. The summed E-state index contributed by atoms with van der Waals surface area (Å²) in [7, 11) is 0. The number of hydrogen-bond donors (Lipinski definition) is 1. The summed E-state index contributed by atoms with van der Waals surface area (Å²) in [6, 6.07) is 8.26. The van der Waals surface area contributed by atoms with Crippen LogP contribution in [0.2, 0.25) is 0 Å². The number of nitrogens with zero attached hydrogens (tertiary/aromatic N) is 3. The average molecular weight is 413 g/mol. The zero-order valence-corrected chi connectivity index (χ0v) is 16.7. The lowest BCUT2D eigenvalue weighted by Crippen LogP contribution is -2.40. The average Bonchev–Trinajstić information content (AvgIpc) is 3.24. The van der Waals surface area contributed by atoms with Crippen LogP contribution in [0.1, 0.15) is 43.5 Å². The lowest BCUT2D eigenvalue weighted by molar-refractivity contribution is 0.0350. The van der Waals surface area contributed by atoms with Crippen molar-refractivity contribution in [1.29, 1.82) is 0 Å². The van der Waals surface area contributed by atoms with Gasteiger partial charge in [-0.3, -0.25) is 4.79 Å². The molecule has 2 aromatic heterocycles. The van der Waals surface area contributed by atoms with E-state index < -0.39 is 16.7 Å². The van der Waals surface area contributed by atoms with E-state index in [0.717, 1.165) is 12.8 Å². The standard InChI is InChI=1S/C20H19N3O5S/c1-3-20(4-2)11-15(24)14-9-13(5-6-16(14)27-20)19-22-18(23-28-19)12-7-8-21-17(10-12)29(25)26/h5-10H,3-4,11H2,1-2H3,(H,25,26). The van der Waals surface area contributed by atoms with Crippen molar-refractivity contribution >= 4 is 16.9 Å². The smallest absolute Gasteiger partial charge is 0.258 e. The zero-order valence-electron chi connectivity index (χ0n) is 15.9. The fraction of sp³-hybridized carbons (Fsp3) is 0.300. The minimum Gasteiger partial charge on any atom is -0.486 e. The number of carbonyl (C=O) groups is 1. The Morgan fingerprint density at radius 3 is 2.69 bits per heavy atom. The van der Waals surface area contributed by atoms with Gasteiger partial charge in [-0.2, -0.15) is 4.98 Å². The zero-order chi connectivity index (χ0) is 20.6. The molecule has 0 saturated carbocycles. The molecule has 1 atom stereocenters. The molecule has 29 heavy (non-hydrogen) atoms. The summed E-state index contributed by atoms with van der Waals surface area (Å²) < 4.78 is 31.9. The van der Waals surface area contributed by atoms with E-state index in [9.17, 15) is 13.6 Å². The summed E-state index contributed by atoms with van der Waals surface area (Å²) in [5.41, 5.74) is 1.15. The molecular weight excluding hydrogens is 394 g/mol. The summed E-state index contributed by atoms with van der Waals surface area (Å²) in [4.78, 5) is 20.9. The molecule has 9 heteroatoms. The molecule has 150 valence electrons. The molecule has 0 spiro atoms. The maximum atomic E-state index is 12.7. The molecule has 8 nitrogen and oxygen atoms in total. The Bertz CT molecular complexity index is 1110. The van der Waals surface area contributed by atoms with Gasteiger partial charge in [-0.15, -0.1) is 0 Å². The van der Waals surface area contributed by atoms with E-state index in [1.54, 1.807) is 24.3 Å². The highest BCUT2D eigenvalue weighted by Crippen LogP contribution is 2.39. The van der Waals surface area contributed by atoms with Crippen molar-refractivity contribution in [1.82, 2.24) is 15.1 Å². The van der Waals surface area contributed by atoms with E-state index in [4.69, 9.17) is 9.26 Å². The maximum absolute atomic E-state index is 12.7. The molecule has 1 aliphatic heterocycles. The summed E-state index contributed by atoms with van der Waals surface area (Å²) >= 11 is -2.20. The largest absolute Gasteiger partial charge is 0.486 e. The van der Waals surface area contributed by atoms with E-state index >= 15 is 0 Å². The van der Waals surface area contributed by atoms with Gasteiger partial charge in [-0.25, -0.2) is 9.19 Å². The minimum absolute atomic E-state index is 0.000655. The normalized spacial score (nSPS) is 16.2. The first-order valence-electron chi connectivity index (χ1n) is 9.22. The van der Waals surface area contributed by atoms with Gasteiger partial charge in [0.2, 0.25) is 16.9 Å². The molecule has 0 bridgehead atoms. The third kappa shape index (κ3) is 3.58. The summed E-state index contributed by atoms with van der Waals surface area (Å²) in [5, 5.41) is 3.93. The third-order valence-electron chi connectivity index (χ3n) is 5.22. The molecule has 3 heterocycles. The molecule has 0 aliphatic carbocycles. The van der Waals surface area contributed by atoms with Crippen molar-refractivity contribution in [2.75, 3.05) is 0 Å². The van der Waals surface area contributed by atoms with Crippen molar-refractivity contribution in [2.45, 2.75) is 43.7 Å². The van der Waals surface area contributed by atoms with E-state index in [1.165, 1.54) is 12.3 Å². The molecule has 0 saturated heterocycles. The number of hydrogen-bond acceptors (Lipinski definition) is 7. The predicted molar refractivity (Wildman–Crippen MR) is 105 cm³/mol. The van der Waals surface area contributed by atoms with Crippen LogP contribution in [0.15, 0.2) is 46.1 Å². The van der Waals surface area contributed by atoms with Crippen LogP contribution < -0.4 is 4.74 Å². The maximum Gasteiger partial charge on any atom is 0.258 e. The van der Waals surface area contributed by atoms with E-state index in [-0.39, 0.29) is 22.5 Å². The van der Waals surface area contributed by atoms with Crippen LogP contribution in [0.4, 0.5) is 0 Å². The Hall–Kier alpha value is -2.91. The third-order valence-corrected chi connectivity index (χ3v) is 5.80. The van der Waals surface area contributed by atoms with Crippen LogP contribution >= 0.6 is 0 Å². The van der Waals surface area contributed by atoms with Crippen LogP contribution in [0, 0.1) is 0 Å². The molecule has 1 aliphatic rings. The van der Waals surface area contributed by atoms with Crippen LogP contribution in [-0.4, -0.2) is 35.3 Å². The summed E-state index contributed by atoms with van der Waals surface area (Å²) in [6.45, 7) is 4.04. The van der Waals surface area contributed by atoms with Crippen molar-refractivity contribution in [2.24, 2.45) is 0 Å². The van der Waals surface area contributed by atoms with Gasteiger partial charge >= 0.3 is 0 Å². The molecule has 0 amide bonds. The van der Waals surface area contributed by atoms with Crippen LogP contribution in [-0.2, 0) is 11.1 Å². The molecule has 1 N–H and O–H groups in total. The van der Waals surface area contributed by atoms with Crippen molar-refractivity contribution in [3.8, 4) is 28.6 Å². The van der Waals surface area contributed by atoms with E-state index in [1.807, 2.05) is 13.8 Å². The number of rotatable bonds is 5. The number of benzene rings is 1.